The highest BCUT2D eigenvalue weighted by Gasteiger charge is 2.21. The van der Waals surface area contributed by atoms with Crippen LogP contribution in [0, 0.1) is 9.39 Å². The van der Waals surface area contributed by atoms with Crippen molar-refractivity contribution >= 4 is 34.0 Å². The van der Waals surface area contributed by atoms with Crippen molar-refractivity contribution in [2.45, 2.75) is 18.9 Å². The number of ether oxygens (including phenoxy) is 1. The molecule has 17 heavy (non-hydrogen) atoms. The quantitative estimate of drug-likeness (QED) is 0.658. The topological polar surface area (TPSA) is 38.5 Å². The molecule has 0 radical (unpaired) electrons. The first-order chi connectivity index (χ1) is 8.11. The highest BCUT2D eigenvalue weighted by Crippen LogP contribution is 2.30. The molecular weight excluding hydrogens is 334 g/mol. The van der Waals surface area contributed by atoms with Crippen LogP contribution in [0.15, 0.2) is 12.1 Å². The van der Waals surface area contributed by atoms with Gasteiger partial charge in [-0.2, -0.15) is 0 Å². The number of rotatable bonds is 2. The third-order valence-corrected chi connectivity index (χ3v) is 3.95. The van der Waals surface area contributed by atoms with E-state index in [1.165, 1.54) is 6.07 Å². The second kappa shape index (κ2) is 5.39. The minimum Gasteiger partial charge on any atom is -0.397 e. The van der Waals surface area contributed by atoms with Gasteiger partial charge in [0.15, 0.2) is 0 Å². The van der Waals surface area contributed by atoms with Crippen LogP contribution >= 0.6 is 22.6 Å². The normalized spacial score (nSPS) is 20.6. The minimum atomic E-state index is -0.214. The molecule has 1 aliphatic rings. The van der Waals surface area contributed by atoms with Crippen LogP contribution in [-0.4, -0.2) is 26.3 Å². The number of methoxy groups -OCH3 is 1. The summed E-state index contributed by atoms with van der Waals surface area (Å²) in [5.41, 5.74) is 7.37. The summed E-state index contributed by atoms with van der Waals surface area (Å²) < 4.78 is 19.5. The van der Waals surface area contributed by atoms with Crippen LogP contribution in [0.1, 0.15) is 12.8 Å². The molecule has 1 aromatic carbocycles. The van der Waals surface area contributed by atoms with Gasteiger partial charge in [-0.25, -0.2) is 4.39 Å². The van der Waals surface area contributed by atoms with Crippen molar-refractivity contribution < 1.29 is 9.13 Å². The Labute approximate surface area is 114 Å². The zero-order valence-electron chi connectivity index (χ0n) is 9.75. The van der Waals surface area contributed by atoms with E-state index < -0.39 is 0 Å². The first-order valence-electron chi connectivity index (χ1n) is 5.64. The van der Waals surface area contributed by atoms with Crippen molar-refractivity contribution in [3.05, 3.63) is 21.5 Å². The van der Waals surface area contributed by atoms with Gasteiger partial charge >= 0.3 is 0 Å². The largest absolute Gasteiger partial charge is 0.397 e. The summed E-state index contributed by atoms with van der Waals surface area (Å²) in [6, 6.07) is 3.21. The third kappa shape index (κ3) is 2.82. The second-order valence-electron chi connectivity index (χ2n) is 4.27. The van der Waals surface area contributed by atoms with Crippen molar-refractivity contribution in [3.63, 3.8) is 0 Å². The SMILES string of the molecule is COC1CCCN(c2cc(F)c(I)cc2N)C1. The Hall–Kier alpha value is -0.560. The van der Waals surface area contributed by atoms with Gasteiger partial charge in [0.25, 0.3) is 0 Å². The first kappa shape index (κ1) is 12.9. The summed E-state index contributed by atoms with van der Waals surface area (Å²) in [6.07, 6.45) is 2.32. The lowest BCUT2D eigenvalue weighted by Gasteiger charge is -2.34. The van der Waals surface area contributed by atoms with E-state index in [-0.39, 0.29) is 11.9 Å². The highest BCUT2D eigenvalue weighted by molar-refractivity contribution is 14.1. The van der Waals surface area contributed by atoms with Crippen molar-refractivity contribution in [2.24, 2.45) is 0 Å². The maximum absolute atomic E-state index is 13.6. The summed E-state index contributed by atoms with van der Waals surface area (Å²) in [7, 11) is 1.71. The molecule has 1 aliphatic heterocycles. The lowest BCUT2D eigenvalue weighted by Crippen LogP contribution is -2.39. The number of nitrogens with zero attached hydrogens (tertiary/aromatic N) is 1. The smallest absolute Gasteiger partial charge is 0.138 e. The maximum atomic E-state index is 13.6. The second-order valence-corrected chi connectivity index (χ2v) is 5.43. The molecule has 1 atom stereocenters. The van der Waals surface area contributed by atoms with Gasteiger partial charge in [-0.15, -0.1) is 0 Å². The average Bonchev–Trinajstić information content (AvgIpc) is 2.34. The maximum Gasteiger partial charge on any atom is 0.138 e. The molecule has 2 rings (SSSR count). The Bertz CT molecular complexity index is 414. The van der Waals surface area contributed by atoms with E-state index in [4.69, 9.17) is 10.5 Å². The monoisotopic (exact) mass is 350 g/mol. The molecule has 94 valence electrons. The van der Waals surface area contributed by atoms with E-state index in [1.807, 2.05) is 22.6 Å². The number of benzene rings is 1. The van der Waals surface area contributed by atoms with Crippen LogP contribution in [-0.2, 0) is 4.74 Å². The Morgan fingerprint density at radius 1 is 1.53 bits per heavy atom. The van der Waals surface area contributed by atoms with E-state index in [0.29, 0.717) is 9.26 Å². The fourth-order valence-corrected chi connectivity index (χ4v) is 2.67. The van der Waals surface area contributed by atoms with Crippen molar-refractivity contribution in [1.82, 2.24) is 0 Å². The molecule has 1 fully saturated rings. The number of anilines is 2. The van der Waals surface area contributed by atoms with Crippen molar-refractivity contribution in [3.8, 4) is 0 Å². The van der Waals surface area contributed by atoms with Gasteiger partial charge in [-0.3, -0.25) is 0 Å². The molecule has 3 nitrogen and oxygen atoms in total. The molecule has 5 heteroatoms. The van der Waals surface area contributed by atoms with Gasteiger partial charge in [-0.05, 0) is 41.5 Å². The molecule has 0 aromatic heterocycles. The molecule has 0 aliphatic carbocycles. The molecule has 2 N–H and O–H groups in total. The van der Waals surface area contributed by atoms with Gasteiger partial charge in [0.05, 0.1) is 21.0 Å². The molecule has 0 amide bonds. The number of nitrogens with two attached hydrogens (primary N) is 1. The molecular formula is C12H16FIN2O. The van der Waals surface area contributed by atoms with E-state index >= 15 is 0 Å². The molecule has 1 heterocycles. The van der Waals surface area contributed by atoms with Gasteiger partial charge in [0.2, 0.25) is 0 Å². The van der Waals surface area contributed by atoms with Crippen molar-refractivity contribution in [2.75, 3.05) is 30.8 Å². The lowest BCUT2D eigenvalue weighted by molar-refractivity contribution is 0.0893. The van der Waals surface area contributed by atoms with E-state index in [9.17, 15) is 4.39 Å². The van der Waals surface area contributed by atoms with Crippen molar-refractivity contribution in [1.29, 1.82) is 0 Å². The summed E-state index contributed by atoms with van der Waals surface area (Å²) in [6.45, 7) is 1.69. The number of piperidine rings is 1. The standard InChI is InChI=1S/C12H16FIN2O/c1-17-8-3-2-4-16(7-8)12-5-9(13)10(14)6-11(12)15/h5-6,8H,2-4,7,15H2,1H3. The van der Waals surface area contributed by atoms with Gasteiger partial charge in [-0.1, -0.05) is 0 Å². The lowest BCUT2D eigenvalue weighted by atomic mass is 10.1. The van der Waals surface area contributed by atoms with Crippen LogP contribution < -0.4 is 10.6 Å². The van der Waals surface area contributed by atoms with Gasteiger partial charge < -0.3 is 15.4 Å². The number of nitrogen functional groups attached to an aromatic ring is 1. The average molecular weight is 350 g/mol. The third-order valence-electron chi connectivity index (χ3n) is 3.12. The van der Waals surface area contributed by atoms with Crippen LogP contribution in [0.3, 0.4) is 0 Å². The fourth-order valence-electron chi connectivity index (χ4n) is 2.17. The van der Waals surface area contributed by atoms with E-state index in [1.54, 1.807) is 13.2 Å². The molecule has 1 saturated heterocycles. The Morgan fingerprint density at radius 3 is 3.00 bits per heavy atom. The summed E-state index contributed by atoms with van der Waals surface area (Å²) in [4.78, 5) is 2.10. The van der Waals surface area contributed by atoms with E-state index in [0.717, 1.165) is 31.6 Å². The Kier molecular flexibility index (Phi) is 4.09. The summed E-state index contributed by atoms with van der Waals surface area (Å²) in [5, 5.41) is 0. The van der Waals surface area contributed by atoms with Crippen LogP contribution in [0.5, 0.6) is 0 Å². The Balaban J connectivity index is 2.24. The van der Waals surface area contributed by atoms with Gasteiger partial charge in [0.1, 0.15) is 5.82 Å². The Morgan fingerprint density at radius 2 is 2.29 bits per heavy atom. The molecule has 0 spiro atoms. The number of halogens is 2. The number of hydrogen-bond acceptors (Lipinski definition) is 3. The van der Waals surface area contributed by atoms with Crippen LogP contribution in [0.25, 0.3) is 0 Å². The van der Waals surface area contributed by atoms with Gasteiger partial charge in [0, 0.05) is 26.3 Å². The summed E-state index contributed by atoms with van der Waals surface area (Å²) in [5.74, 6) is -0.214. The van der Waals surface area contributed by atoms with E-state index in [2.05, 4.69) is 4.90 Å². The minimum absolute atomic E-state index is 0.213. The molecule has 0 saturated carbocycles. The van der Waals surface area contributed by atoms with Crippen LogP contribution in [0.4, 0.5) is 15.8 Å². The zero-order valence-corrected chi connectivity index (χ0v) is 11.9. The molecule has 0 bridgehead atoms. The molecule has 1 unspecified atom stereocenters. The fraction of sp³-hybridized carbons (Fsp3) is 0.500. The summed E-state index contributed by atoms with van der Waals surface area (Å²) >= 11 is 1.95. The number of hydrogen-bond donors (Lipinski definition) is 1. The first-order valence-corrected chi connectivity index (χ1v) is 6.72. The highest BCUT2D eigenvalue weighted by atomic mass is 127. The van der Waals surface area contributed by atoms with Crippen LogP contribution in [0.2, 0.25) is 0 Å². The predicted molar refractivity (Wildman–Crippen MR) is 75.8 cm³/mol. The predicted octanol–water partition coefficient (Wildman–Crippen LogP) is 2.63. The molecule has 1 aromatic rings. The zero-order chi connectivity index (χ0) is 12.4.